The van der Waals surface area contributed by atoms with Gasteiger partial charge in [-0.05, 0) is 22.9 Å². The van der Waals surface area contributed by atoms with Crippen LogP contribution in [0.15, 0.2) is 54.6 Å². The van der Waals surface area contributed by atoms with Crippen LogP contribution >= 0.6 is 0 Å². The maximum absolute atomic E-state index is 9.00. The summed E-state index contributed by atoms with van der Waals surface area (Å²) in [5.74, 6) is 5.81. The zero-order valence-electron chi connectivity index (χ0n) is 10.7. The lowest BCUT2D eigenvalue weighted by Crippen LogP contribution is -2.10. The third-order valence-corrected chi connectivity index (χ3v) is 3.22. The van der Waals surface area contributed by atoms with Crippen LogP contribution < -0.4 is 11.3 Å². The Balaban J connectivity index is 2.24. The Kier molecular flexibility index (Phi) is 3.04. The first-order chi connectivity index (χ1) is 9.83. The van der Waals surface area contributed by atoms with E-state index < -0.39 is 0 Å². The van der Waals surface area contributed by atoms with Gasteiger partial charge in [-0.2, -0.15) is 5.26 Å². The van der Waals surface area contributed by atoms with E-state index in [0.29, 0.717) is 11.4 Å². The van der Waals surface area contributed by atoms with E-state index in [0.717, 1.165) is 22.0 Å². The van der Waals surface area contributed by atoms with Crippen LogP contribution in [0.5, 0.6) is 0 Å². The predicted octanol–water partition coefficient (Wildman–Crippen LogP) is 3.06. The lowest BCUT2D eigenvalue weighted by atomic mass is 10.0. The van der Waals surface area contributed by atoms with E-state index in [4.69, 9.17) is 11.1 Å². The molecule has 0 aliphatic rings. The molecule has 0 saturated carbocycles. The number of pyridine rings is 1. The third kappa shape index (κ3) is 1.96. The Morgan fingerprint density at radius 2 is 1.80 bits per heavy atom. The van der Waals surface area contributed by atoms with Gasteiger partial charge in [0.05, 0.1) is 11.3 Å². The predicted molar refractivity (Wildman–Crippen MR) is 79.7 cm³/mol. The maximum Gasteiger partial charge on any atom is 0.158 e. The number of benzene rings is 2. The van der Waals surface area contributed by atoms with Crippen molar-refractivity contribution in [2.45, 2.75) is 0 Å². The lowest BCUT2D eigenvalue weighted by Gasteiger charge is -2.08. The highest BCUT2D eigenvalue weighted by Gasteiger charge is 2.08. The summed E-state index contributed by atoms with van der Waals surface area (Å²) >= 11 is 0. The number of rotatable bonds is 2. The fourth-order valence-electron chi connectivity index (χ4n) is 2.26. The van der Waals surface area contributed by atoms with Gasteiger partial charge in [0.15, 0.2) is 5.82 Å². The Morgan fingerprint density at radius 1 is 1.00 bits per heavy atom. The summed E-state index contributed by atoms with van der Waals surface area (Å²) in [6.07, 6.45) is 0. The molecule has 0 atom stereocenters. The summed E-state index contributed by atoms with van der Waals surface area (Å²) < 4.78 is 0. The molecule has 4 nitrogen and oxygen atoms in total. The molecule has 1 aromatic heterocycles. The second-order valence-electron chi connectivity index (χ2n) is 4.38. The molecule has 3 N–H and O–H groups in total. The SMILES string of the molecule is N#Cc1ccc(-c2cccc3ccccc23)nc1NN. The van der Waals surface area contributed by atoms with Gasteiger partial charge >= 0.3 is 0 Å². The molecule has 2 aromatic carbocycles. The fourth-order valence-corrected chi connectivity index (χ4v) is 2.26. The smallest absolute Gasteiger partial charge is 0.158 e. The summed E-state index contributed by atoms with van der Waals surface area (Å²) in [5, 5.41) is 11.3. The largest absolute Gasteiger partial charge is 0.307 e. The summed E-state index contributed by atoms with van der Waals surface area (Å²) in [7, 11) is 0. The number of nitrogens with two attached hydrogens (primary N) is 1. The van der Waals surface area contributed by atoms with E-state index in [2.05, 4.69) is 34.7 Å². The van der Waals surface area contributed by atoms with E-state index in [1.807, 2.05) is 30.3 Å². The number of nitrogens with zero attached hydrogens (tertiary/aromatic N) is 2. The topological polar surface area (TPSA) is 74.7 Å². The highest BCUT2D eigenvalue weighted by atomic mass is 15.2. The van der Waals surface area contributed by atoms with E-state index in [-0.39, 0.29) is 0 Å². The number of hydrazine groups is 1. The lowest BCUT2D eigenvalue weighted by molar-refractivity contribution is 1.22. The second kappa shape index (κ2) is 5.00. The molecule has 0 spiro atoms. The van der Waals surface area contributed by atoms with Crippen LogP contribution in [0, 0.1) is 11.3 Å². The summed E-state index contributed by atoms with van der Waals surface area (Å²) in [6.45, 7) is 0. The first-order valence-electron chi connectivity index (χ1n) is 6.19. The number of nitrogen functional groups attached to an aromatic ring is 1. The molecule has 0 saturated heterocycles. The second-order valence-corrected chi connectivity index (χ2v) is 4.38. The molecule has 0 amide bonds. The molecule has 20 heavy (non-hydrogen) atoms. The quantitative estimate of drug-likeness (QED) is 0.548. The van der Waals surface area contributed by atoms with Crippen molar-refractivity contribution in [3.05, 3.63) is 60.2 Å². The highest BCUT2D eigenvalue weighted by molar-refractivity contribution is 5.96. The first kappa shape index (κ1) is 12.2. The minimum absolute atomic E-state index is 0.387. The van der Waals surface area contributed by atoms with Gasteiger partial charge in [0, 0.05) is 5.56 Å². The molecule has 0 aliphatic carbocycles. The number of fused-ring (bicyclic) bond motifs is 1. The molecule has 4 heteroatoms. The fraction of sp³-hybridized carbons (Fsp3) is 0. The molecule has 96 valence electrons. The van der Waals surface area contributed by atoms with Crippen LogP contribution in [0.4, 0.5) is 5.82 Å². The van der Waals surface area contributed by atoms with Gasteiger partial charge in [-0.15, -0.1) is 0 Å². The Bertz CT molecular complexity index is 813. The molecule has 0 bridgehead atoms. The van der Waals surface area contributed by atoms with Gasteiger partial charge in [0.25, 0.3) is 0 Å². The summed E-state index contributed by atoms with van der Waals surface area (Å²) in [4.78, 5) is 4.42. The number of anilines is 1. The molecular weight excluding hydrogens is 248 g/mol. The van der Waals surface area contributed by atoms with Crippen LogP contribution in [-0.2, 0) is 0 Å². The van der Waals surface area contributed by atoms with Crippen molar-refractivity contribution in [2.24, 2.45) is 5.84 Å². The average Bonchev–Trinajstić information content (AvgIpc) is 2.53. The third-order valence-electron chi connectivity index (χ3n) is 3.22. The van der Waals surface area contributed by atoms with Crippen LogP contribution in [0.3, 0.4) is 0 Å². The number of aromatic nitrogens is 1. The number of hydrogen-bond donors (Lipinski definition) is 2. The summed E-state index contributed by atoms with van der Waals surface area (Å²) in [6, 6.07) is 19.8. The van der Waals surface area contributed by atoms with Crippen LogP contribution in [0.1, 0.15) is 5.56 Å². The zero-order chi connectivity index (χ0) is 13.9. The van der Waals surface area contributed by atoms with Crippen LogP contribution in [-0.4, -0.2) is 4.98 Å². The maximum atomic E-state index is 9.00. The Morgan fingerprint density at radius 3 is 2.60 bits per heavy atom. The van der Waals surface area contributed by atoms with Crippen molar-refractivity contribution in [2.75, 3.05) is 5.43 Å². The van der Waals surface area contributed by atoms with E-state index in [1.54, 1.807) is 6.07 Å². The van der Waals surface area contributed by atoms with Crippen molar-refractivity contribution in [3.8, 4) is 17.3 Å². The van der Waals surface area contributed by atoms with Crippen LogP contribution in [0.2, 0.25) is 0 Å². The Hall–Kier alpha value is -2.90. The Labute approximate surface area is 116 Å². The first-order valence-corrected chi connectivity index (χ1v) is 6.19. The number of hydrogen-bond acceptors (Lipinski definition) is 4. The normalized spacial score (nSPS) is 10.2. The molecule has 0 aliphatic heterocycles. The minimum Gasteiger partial charge on any atom is -0.307 e. The van der Waals surface area contributed by atoms with Gasteiger partial charge in [-0.25, -0.2) is 10.8 Å². The molecule has 0 unspecified atom stereocenters. The van der Waals surface area contributed by atoms with E-state index >= 15 is 0 Å². The van der Waals surface area contributed by atoms with Gasteiger partial charge in [-0.3, -0.25) is 0 Å². The van der Waals surface area contributed by atoms with E-state index in [1.165, 1.54) is 0 Å². The van der Waals surface area contributed by atoms with Gasteiger partial charge in [0.2, 0.25) is 0 Å². The molecule has 0 fully saturated rings. The summed E-state index contributed by atoms with van der Waals surface area (Å²) in [5.41, 5.74) is 4.70. The van der Waals surface area contributed by atoms with Crippen molar-refractivity contribution in [3.63, 3.8) is 0 Å². The monoisotopic (exact) mass is 260 g/mol. The highest BCUT2D eigenvalue weighted by Crippen LogP contribution is 2.28. The average molecular weight is 260 g/mol. The van der Waals surface area contributed by atoms with Crippen molar-refractivity contribution >= 4 is 16.6 Å². The van der Waals surface area contributed by atoms with Crippen molar-refractivity contribution < 1.29 is 0 Å². The molecule has 3 rings (SSSR count). The molecule has 3 aromatic rings. The minimum atomic E-state index is 0.387. The molecule has 0 radical (unpaired) electrons. The number of nitrogens with one attached hydrogen (secondary N) is 1. The zero-order valence-corrected chi connectivity index (χ0v) is 10.7. The van der Waals surface area contributed by atoms with E-state index in [9.17, 15) is 0 Å². The van der Waals surface area contributed by atoms with Crippen molar-refractivity contribution in [1.29, 1.82) is 5.26 Å². The van der Waals surface area contributed by atoms with Gasteiger partial charge < -0.3 is 5.43 Å². The van der Waals surface area contributed by atoms with Crippen LogP contribution in [0.25, 0.3) is 22.0 Å². The van der Waals surface area contributed by atoms with Gasteiger partial charge in [-0.1, -0.05) is 42.5 Å². The van der Waals surface area contributed by atoms with Gasteiger partial charge in [0.1, 0.15) is 6.07 Å². The molecule has 1 heterocycles. The number of nitriles is 1. The molecular formula is C16H12N4. The standard InChI is InChI=1S/C16H12N4/c17-10-12-8-9-15(19-16(12)20-18)14-7-3-5-11-4-1-2-6-13(11)14/h1-9H,18H2,(H,19,20). The van der Waals surface area contributed by atoms with Crippen molar-refractivity contribution in [1.82, 2.24) is 4.98 Å².